The Morgan fingerprint density at radius 3 is 2.24 bits per heavy atom. The second-order valence-corrected chi connectivity index (χ2v) is 9.18. The van der Waals surface area contributed by atoms with Crippen molar-refractivity contribution < 1.29 is 17.9 Å². The highest BCUT2D eigenvalue weighted by Gasteiger charge is 2.31. The van der Waals surface area contributed by atoms with Crippen molar-refractivity contribution in [1.82, 2.24) is 9.62 Å². The summed E-state index contributed by atoms with van der Waals surface area (Å²) >= 11 is 0. The summed E-state index contributed by atoms with van der Waals surface area (Å²) in [5.41, 5.74) is 3.25. The summed E-state index contributed by atoms with van der Waals surface area (Å²) in [5, 5.41) is 0. The first-order valence-corrected chi connectivity index (χ1v) is 11.3. The summed E-state index contributed by atoms with van der Waals surface area (Å²) in [6, 6.07) is 12.3. The summed E-state index contributed by atoms with van der Waals surface area (Å²) in [6.45, 7) is 7.36. The fraction of sp³-hybridized carbons (Fsp3) is 0.409. The fourth-order valence-corrected chi connectivity index (χ4v) is 5.51. The van der Waals surface area contributed by atoms with E-state index in [0.717, 1.165) is 11.1 Å². The van der Waals surface area contributed by atoms with Gasteiger partial charge < -0.3 is 9.64 Å². The van der Waals surface area contributed by atoms with Crippen molar-refractivity contribution in [2.24, 2.45) is 0 Å². The third-order valence-electron chi connectivity index (χ3n) is 5.07. The summed E-state index contributed by atoms with van der Waals surface area (Å²) < 4.78 is 34.6. The molecule has 0 radical (unpaired) electrons. The number of ether oxygens (including phenoxy) is 1. The average molecular weight is 417 g/mol. The van der Waals surface area contributed by atoms with Gasteiger partial charge in [0.2, 0.25) is 15.9 Å². The molecule has 6 nitrogen and oxygen atoms in total. The molecule has 2 aromatic rings. The number of amides is 1. The first-order chi connectivity index (χ1) is 13.8. The second kappa shape index (κ2) is 9.07. The van der Waals surface area contributed by atoms with Crippen LogP contribution in [0.5, 0.6) is 0 Å². The molecule has 1 aliphatic rings. The van der Waals surface area contributed by atoms with Crippen LogP contribution in [0.2, 0.25) is 0 Å². The minimum absolute atomic E-state index is 0.219. The number of benzene rings is 2. The Balaban J connectivity index is 1.92. The van der Waals surface area contributed by atoms with Crippen molar-refractivity contribution in [1.29, 1.82) is 0 Å². The quantitative estimate of drug-likeness (QED) is 0.784. The molecule has 1 aliphatic heterocycles. The zero-order valence-corrected chi connectivity index (χ0v) is 18.0. The van der Waals surface area contributed by atoms with Crippen LogP contribution in [0.4, 0.5) is 0 Å². The largest absolute Gasteiger partial charge is 0.378 e. The van der Waals surface area contributed by atoms with Crippen LogP contribution in [-0.4, -0.2) is 51.6 Å². The molecule has 1 amide bonds. The first kappa shape index (κ1) is 21.5. The molecular weight excluding hydrogens is 388 g/mol. The maximum atomic E-state index is 13.3. The van der Waals surface area contributed by atoms with Crippen LogP contribution in [0.1, 0.15) is 22.3 Å². The van der Waals surface area contributed by atoms with E-state index >= 15 is 0 Å². The van der Waals surface area contributed by atoms with Crippen molar-refractivity contribution >= 4 is 15.9 Å². The number of carbonyl (C=O) groups excluding carboxylic acids is 1. The number of nitrogens with one attached hydrogen (secondary N) is 1. The molecule has 156 valence electrons. The van der Waals surface area contributed by atoms with Crippen LogP contribution in [0.25, 0.3) is 0 Å². The molecule has 1 fully saturated rings. The summed E-state index contributed by atoms with van der Waals surface area (Å²) in [6.07, 6.45) is 0.292. The highest BCUT2D eigenvalue weighted by atomic mass is 32.2. The third kappa shape index (κ3) is 5.23. The maximum absolute atomic E-state index is 13.3. The molecule has 7 heteroatoms. The van der Waals surface area contributed by atoms with E-state index in [1.165, 1.54) is 0 Å². The van der Waals surface area contributed by atoms with Gasteiger partial charge in [0.1, 0.15) is 6.04 Å². The van der Waals surface area contributed by atoms with Gasteiger partial charge >= 0.3 is 0 Å². The topological polar surface area (TPSA) is 75.7 Å². The Bertz CT molecular complexity index is 945. The van der Waals surface area contributed by atoms with E-state index in [0.29, 0.717) is 43.9 Å². The zero-order chi connectivity index (χ0) is 21.0. The average Bonchev–Trinajstić information content (AvgIpc) is 2.67. The van der Waals surface area contributed by atoms with E-state index in [-0.39, 0.29) is 10.8 Å². The van der Waals surface area contributed by atoms with Gasteiger partial charge in [-0.25, -0.2) is 8.42 Å². The van der Waals surface area contributed by atoms with Gasteiger partial charge in [0.05, 0.1) is 18.1 Å². The lowest BCUT2D eigenvalue weighted by Crippen LogP contribution is -2.52. The molecule has 1 N–H and O–H groups in total. The molecule has 0 spiro atoms. The number of carbonyl (C=O) groups is 1. The monoisotopic (exact) mass is 416 g/mol. The molecule has 3 rings (SSSR count). The zero-order valence-electron chi connectivity index (χ0n) is 17.1. The lowest BCUT2D eigenvalue weighted by molar-refractivity contribution is -0.137. The van der Waals surface area contributed by atoms with Gasteiger partial charge in [0, 0.05) is 13.1 Å². The van der Waals surface area contributed by atoms with E-state index in [1.807, 2.05) is 49.4 Å². The van der Waals surface area contributed by atoms with Crippen molar-refractivity contribution in [2.75, 3.05) is 26.3 Å². The van der Waals surface area contributed by atoms with Crippen molar-refractivity contribution in [3.05, 3.63) is 64.7 Å². The number of sulfonamides is 1. The van der Waals surface area contributed by atoms with Crippen LogP contribution in [0, 0.1) is 20.8 Å². The molecule has 1 saturated heterocycles. The maximum Gasteiger partial charge on any atom is 0.241 e. The Morgan fingerprint density at radius 2 is 1.66 bits per heavy atom. The van der Waals surface area contributed by atoms with Gasteiger partial charge in [0.15, 0.2) is 0 Å². The molecule has 29 heavy (non-hydrogen) atoms. The van der Waals surface area contributed by atoms with Crippen LogP contribution in [-0.2, 0) is 26.0 Å². The smallest absolute Gasteiger partial charge is 0.241 e. The van der Waals surface area contributed by atoms with Crippen molar-refractivity contribution in [3.63, 3.8) is 0 Å². The third-order valence-corrected chi connectivity index (χ3v) is 6.85. The fourth-order valence-electron chi connectivity index (χ4n) is 3.87. The van der Waals surface area contributed by atoms with E-state index in [1.54, 1.807) is 18.7 Å². The summed E-state index contributed by atoms with van der Waals surface area (Å²) in [5.74, 6) is -0.219. The second-order valence-electron chi connectivity index (χ2n) is 7.53. The van der Waals surface area contributed by atoms with Crippen LogP contribution in [0.15, 0.2) is 47.4 Å². The van der Waals surface area contributed by atoms with E-state index < -0.39 is 16.1 Å². The van der Waals surface area contributed by atoms with Gasteiger partial charge in [0.25, 0.3) is 0 Å². The number of hydrogen-bond acceptors (Lipinski definition) is 4. The minimum atomic E-state index is -3.87. The Hall–Kier alpha value is -2.22. The predicted molar refractivity (Wildman–Crippen MR) is 112 cm³/mol. The SMILES string of the molecule is Cc1cc(C)c(S(=O)(=O)N[C@@H](Cc2ccccc2)C(=O)N2CCOCC2)c(C)c1. The molecule has 0 bridgehead atoms. The normalized spacial score (nSPS) is 15.9. The standard InChI is InChI=1S/C22H28N2O4S/c1-16-13-17(2)21(18(3)14-16)29(26,27)23-20(15-19-7-5-4-6-8-19)22(25)24-9-11-28-12-10-24/h4-8,13-14,20,23H,9-12,15H2,1-3H3/t20-/m0/s1. The van der Waals surface area contributed by atoms with Crippen molar-refractivity contribution in [3.8, 4) is 0 Å². The summed E-state index contributed by atoms with van der Waals surface area (Å²) in [4.78, 5) is 15.1. The van der Waals surface area contributed by atoms with Gasteiger partial charge in [-0.1, -0.05) is 48.0 Å². The Kier molecular flexibility index (Phi) is 6.72. The number of morpholine rings is 1. The van der Waals surface area contributed by atoms with Gasteiger partial charge in [-0.15, -0.1) is 0 Å². The predicted octanol–water partition coefficient (Wildman–Crippen LogP) is 2.36. The molecule has 1 heterocycles. The molecule has 0 saturated carbocycles. The molecule has 0 aromatic heterocycles. The Labute approximate surface area is 172 Å². The van der Waals surface area contributed by atoms with Gasteiger partial charge in [-0.3, -0.25) is 4.79 Å². The van der Waals surface area contributed by atoms with E-state index in [2.05, 4.69) is 4.72 Å². The van der Waals surface area contributed by atoms with Crippen LogP contribution in [0.3, 0.4) is 0 Å². The molecule has 2 aromatic carbocycles. The molecule has 0 aliphatic carbocycles. The Morgan fingerprint density at radius 1 is 1.07 bits per heavy atom. The molecular formula is C22H28N2O4S. The molecule has 1 atom stereocenters. The van der Waals surface area contributed by atoms with Gasteiger partial charge in [-0.2, -0.15) is 4.72 Å². The van der Waals surface area contributed by atoms with E-state index in [9.17, 15) is 13.2 Å². The first-order valence-electron chi connectivity index (χ1n) is 9.78. The van der Waals surface area contributed by atoms with Crippen LogP contribution < -0.4 is 4.72 Å². The number of hydrogen-bond donors (Lipinski definition) is 1. The van der Waals surface area contributed by atoms with Crippen molar-refractivity contribution in [2.45, 2.75) is 38.1 Å². The highest BCUT2D eigenvalue weighted by Crippen LogP contribution is 2.22. The van der Waals surface area contributed by atoms with Gasteiger partial charge in [-0.05, 0) is 43.9 Å². The van der Waals surface area contributed by atoms with E-state index in [4.69, 9.17) is 4.74 Å². The molecule has 0 unspecified atom stereocenters. The number of nitrogens with zero attached hydrogens (tertiary/aromatic N) is 1. The lowest BCUT2D eigenvalue weighted by Gasteiger charge is -2.31. The number of aryl methyl sites for hydroxylation is 3. The van der Waals surface area contributed by atoms with Crippen LogP contribution >= 0.6 is 0 Å². The minimum Gasteiger partial charge on any atom is -0.378 e. The lowest BCUT2D eigenvalue weighted by atomic mass is 10.1. The highest BCUT2D eigenvalue weighted by molar-refractivity contribution is 7.89. The number of rotatable bonds is 6. The summed E-state index contributed by atoms with van der Waals surface area (Å²) in [7, 11) is -3.87.